The van der Waals surface area contributed by atoms with E-state index in [1.807, 2.05) is 12.1 Å². The summed E-state index contributed by atoms with van der Waals surface area (Å²) in [4.78, 5) is -0.0124. The van der Waals surface area contributed by atoms with Crippen LogP contribution in [0.1, 0.15) is 115 Å². The van der Waals surface area contributed by atoms with Crippen LogP contribution >= 0.6 is 0 Å². The third-order valence-corrected chi connectivity index (χ3v) is 6.33. The molecule has 1 N–H and O–H groups in total. The predicted octanol–water partition coefficient (Wildman–Crippen LogP) is 7.52. The van der Waals surface area contributed by atoms with Gasteiger partial charge in [-0.05, 0) is 36.5 Å². The molecule has 0 aliphatic heterocycles. The van der Waals surface area contributed by atoms with Crippen LogP contribution < -0.4 is 0 Å². The molecule has 1 aromatic carbocycles. The van der Waals surface area contributed by atoms with E-state index in [4.69, 9.17) is 4.55 Å². The second kappa shape index (κ2) is 14.2. The molecule has 0 radical (unpaired) electrons. The molecule has 3 nitrogen and oxygen atoms in total. The van der Waals surface area contributed by atoms with Gasteiger partial charge < -0.3 is 0 Å². The molecule has 1 unspecified atom stereocenters. The summed E-state index contributed by atoms with van der Waals surface area (Å²) in [6, 6.07) is 6.84. The van der Waals surface area contributed by atoms with E-state index < -0.39 is 10.1 Å². The van der Waals surface area contributed by atoms with Crippen molar-refractivity contribution in [3.8, 4) is 0 Å². The SMILES string of the molecule is CCCCCCCCCCCC(CCCCC)c1ccc(S(=O)(=O)O)cc1. The molecule has 1 atom stereocenters. The first-order valence-electron chi connectivity index (χ1n) is 11.1. The maximum Gasteiger partial charge on any atom is 0.294 e. The molecule has 0 aliphatic rings. The largest absolute Gasteiger partial charge is 0.294 e. The van der Waals surface area contributed by atoms with Gasteiger partial charge in [0.15, 0.2) is 0 Å². The molecule has 0 spiro atoms. The van der Waals surface area contributed by atoms with Crippen LogP contribution in [0.15, 0.2) is 29.2 Å². The Morgan fingerprint density at radius 2 is 1.11 bits per heavy atom. The number of unbranched alkanes of at least 4 members (excludes halogenated alkanes) is 10. The maximum atomic E-state index is 11.2. The molecule has 156 valence electrons. The highest BCUT2D eigenvalue weighted by Gasteiger charge is 2.14. The molecule has 1 rings (SSSR count). The summed E-state index contributed by atoms with van der Waals surface area (Å²) >= 11 is 0. The Hall–Kier alpha value is -0.870. The van der Waals surface area contributed by atoms with Gasteiger partial charge in [-0.2, -0.15) is 8.42 Å². The zero-order chi connectivity index (χ0) is 20.0. The van der Waals surface area contributed by atoms with E-state index in [1.165, 1.54) is 101 Å². The molecule has 0 aromatic heterocycles. The van der Waals surface area contributed by atoms with Gasteiger partial charge >= 0.3 is 0 Å². The minimum Gasteiger partial charge on any atom is -0.282 e. The first-order valence-corrected chi connectivity index (χ1v) is 12.5. The highest BCUT2D eigenvalue weighted by atomic mass is 32.2. The summed E-state index contributed by atoms with van der Waals surface area (Å²) in [6.07, 6.45) is 18.1. The van der Waals surface area contributed by atoms with Gasteiger partial charge in [0.2, 0.25) is 0 Å². The van der Waals surface area contributed by atoms with Crippen molar-refractivity contribution in [2.24, 2.45) is 0 Å². The molecule has 0 heterocycles. The second-order valence-corrected chi connectivity index (χ2v) is 9.28. The lowest BCUT2D eigenvalue weighted by molar-refractivity contribution is 0.482. The quantitative estimate of drug-likeness (QED) is 0.232. The highest BCUT2D eigenvalue weighted by molar-refractivity contribution is 7.85. The summed E-state index contributed by atoms with van der Waals surface area (Å²) in [5.74, 6) is 0.497. The zero-order valence-corrected chi connectivity index (χ0v) is 18.3. The summed E-state index contributed by atoms with van der Waals surface area (Å²) in [7, 11) is -4.10. The van der Waals surface area contributed by atoms with Crippen LogP contribution in [0.4, 0.5) is 0 Å². The van der Waals surface area contributed by atoms with E-state index in [9.17, 15) is 8.42 Å². The lowest BCUT2D eigenvalue weighted by Gasteiger charge is -2.18. The molecule has 0 amide bonds. The average Bonchev–Trinajstić information content (AvgIpc) is 2.65. The summed E-state index contributed by atoms with van der Waals surface area (Å²) in [5, 5.41) is 0. The van der Waals surface area contributed by atoms with Crippen LogP contribution in [0.25, 0.3) is 0 Å². The van der Waals surface area contributed by atoms with Crippen molar-refractivity contribution >= 4 is 10.1 Å². The van der Waals surface area contributed by atoms with Gasteiger partial charge in [-0.1, -0.05) is 103 Å². The molecule has 0 bridgehead atoms. The second-order valence-electron chi connectivity index (χ2n) is 7.85. The van der Waals surface area contributed by atoms with Gasteiger partial charge in [-0.25, -0.2) is 0 Å². The van der Waals surface area contributed by atoms with E-state index in [0.29, 0.717) is 5.92 Å². The molecule has 27 heavy (non-hydrogen) atoms. The van der Waals surface area contributed by atoms with Crippen molar-refractivity contribution in [2.75, 3.05) is 0 Å². The van der Waals surface area contributed by atoms with Gasteiger partial charge in [0, 0.05) is 0 Å². The van der Waals surface area contributed by atoms with Gasteiger partial charge in [-0.15, -0.1) is 0 Å². The van der Waals surface area contributed by atoms with Crippen LogP contribution in [0.3, 0.4) is 0 Å². The number of hydrogen-bond acceptors (Lipinski definition) is 2. The fourth-order valence-electron chi connectivity index (χ4n) is 3.73. The Labute approximate surface area is 167 Å². The van der Waals surface area contributed by atoms with Crippen molar-refractivity contribution in [3.63, 3.8) is 0 Å². The summed E-state index contributed by atoms with van der Waals surface area (Å²) in [5.41, 5.74) is 1.21. The minimum atomic E-state index is -4.10. The monoisotopic (exact) mass is 396 g/mol. The predicted molar refractivity (Wildman–Crippen MR) is 115 cm³/mol. The van der Waals surface area contributed by atoms with Gasteiger partial charge in [0.25, 0.3) is 10.1 Å². The molecule has 1 aromatic rings. The summed E-state index contributed by atoms with van der Waals surface area (Å²) < 4.78 is 31.6. The van der Waals surface area contributed by atoms with E-state index in [1.54, 1.807) is 0 Å². The van der Waals surface area contributed by atoms with Crippen molar-refractivity contribution in [1.29, 1.82) is 0 Å². The fraction of sp³-hybridized carbons (Fsp3) is 0.739. The average molecular weight is 397 g/mol. The molecule has 0 fully saturated rings. The Balaban J connectivity index is 2.43. The third kappa shape index (κ3) is 10.9. The Bertz CT molecular complexity index is 578. The van der Waals surface area contributed by atoms with Gasteiger partial charge in [0.05, 0.1) is 4.90 Å². The molecular weight excluding hydrogens is 356 g/mol. The van der Waals surface area contributed by atoms with Gasteiger partial charge in [0.1, 0.15) is 0 Å². The number of rotatable bonds is 16. The van der Waals surface area contributed by atoms with Gasteiger partial charge in [-0.3, -0.25) is 4.55 Å². The smallest absolute Gasteiger partial charge is 0.282 e. The van der Waals surface area contributed by atoms with Crippen LogP contribution in [0, 0.1) is 0 Å². The van der Waals surface area contributed by atoms with Crippen LogP contribution in [0.2, 0.25) is 0 Å². The van der Waals surface area contributed by atoms with Crippen molar-refractivity contribution in [2.45, 2.75) is 115 Å². The number of benzene rings is 1. The standard InChI is InChI=1S/C23H40O3S/c1-3-5-7-8-9-10-11-12-14-16-21(15-13-6-4-2)22-17-19-23(20-18-22)27(24,25)26/h17-21H,3-16H2,1-2H3,(H,24,25,26). The van der Waals surface area contributed by atoms with E-state index >= 15 is 0 Å². The first kappa shape index (κ1) is 24.2. The fourth-order valence-corrected chi connectivity index (χ4v) is 4.21. The van der Waals surface area contributed by atoms with Crippen LogP contribution in [-0.2, 0) is 10.1 Å². The zero-order valence-electron chi connectivity index (χ0n) is 17.5. The highest BCUT2D eigenvalue weighted by Crippen LogP contribution is 2.29. The Morgan fingerprint density at radius 3 is 1.59 bits per heavy atom. The van der Waals surface area contributed by atoms with Crippen molar-refractivity contribution < 1.29 is 13.0 Å². The van der Waals surface area contributed by atoms with Crippen LogP contribution in [0.5, 0.6) is 0 Å². The van der Waals surface area contributed by atoms with Crippen LogP contribution in [-0.4, -0.2) is 13.0 Å². The maximum absolute atomic E-state index is 11.2. The van der Waals surface area contributed by atoms with E-state index in [2.05, 4.69) is 13.8 Å². The van der Waals surface area contributed by atoms with E-state index in [0.717, 1.165) is 6.42 Å². The molecule has 4 heteroatoms. The lowest BCUT2D eigenvalue weighted by atomic mass is 9.88. The summed E-state index contributed by atoms with van der Waals surface area (Å²) in [6.45, 7) is 4.48. The first-order chi connectivity index (χ1) is 13.0. The number of hydrogen-bond donors (Lipinski definition) is 1. The lowest BCUT2D eigenvalue weighted by Crippen LogP contribution is -2.02. The molecule has 0 aliphatic carbocycles. The third-order valence-electron chi connectivity index (χ3n) is 5.46. The minimum absolute atomic E-state index is 0.0124. The van der Waals surface area contributed by atoms with E-state index in [-0.39, 0.29) is 4.90 Å². The Morgan fingerprint density at radius 1 is 0.704 bits per heavy atom. The molecule has 0 saturated heterocycles. The molecule has 0 saturated carbocycles. The Kier molecular flexibility index (Phi) is 12.7. The topological polar surface area (TPSA) is 54.4 Å². The normalized spacial score (nSPS) is 13.0. The van der Waals surface area contributed by atoms with Crippen molar-refractivity contribution in [3.05, 3.63) is 29.8 Å². The molecular formula is C23H40O3S. The van der Waals surface area contributed by atoms with Crippen molar-refractivity contribution in [1.82, 2.24) is 0 Å².